The SMILES string of the molecule is CC1C(C(=O)O)=CC=CC1(CCCCCCCl)C(=O)O. The molecule has 0 spiro atoms. The highest BCUT2D eigenvalue weighted by Gasteiger charge is 2.45. The van der Waals surface area contributed by atoms with E-state index in [1.54, 1.807) is 19.1 Å². The van der Waals surface area contributed by atoms with Crippen LogP contribution < -0.4 is 0 Å². The van der Waals surface area contributed by atoms with Gasteiger partial charge in [-0.15, -0.1) is 11.6 Å². The van der Waals surface area contributed by atoms with Crippen LogP contribution in [0.4, 0.5) is 0 Å². The Morgan fingerprint density at radius 3 is 2.45 bits per heavy atom. The number of carboxylic acid groups (broad SMARTS) is 2. The monoisotopic (exact) mass is 300 g/mol. The van der Waals surface area contributed by atoms with Gasteiger partial charge in [-0.2, -0.15) is 0 Å². The fraction of sp³-hybridized carbons (Fsp3) is 0.600. The molecule has 0 aliphatic heterocycles. The lowest BCUT2D eigenvalue weighted by Gasteiger charge is -2.35. The molecule has 0 amide bonds. The number of rotatable bonds is 8. The van der Waals surface area contributed by atoms with Gasteiger partial charge in [-0.25, -0.2) is 4.79 Å². The summed E-state index contributed by atoms with van der Waals surface area (Å²) in [5.41, 5.74) is -0.945. The van der Waals surface area contributed by atoms with E-state index in [4.69, 9.17) is 16.7 Å². The van der Waals surface area contributed by atoms with Crippen LogP contribution in [-0.4, -0.2) is 28.0 Å². The van der Waals surface area contributed by atoms with E-state index in [-0.39, 0.29) is 5.57 Å². The van der Waals surface area contributed by atoms with E-state index in [0.717, 1.165) is 25.7 Å². The summed E-state index contributed by atoms with van der Waals surface area (Å²) in [5, 5.41) is 18.7. The summed E-state index contributed by atoms with van der Waals surface area (Å²) in [6, 6.07) is 0. The predicted octanol–water partition coefficient (Wildman–Crippen LogP) is 3.46. The molecular weight excluding hydrogens is 280 g/mol. The van der Waals surface area contributed by atoms with Crippen LogP contribution in [0.5, 0.6) is 0 Å². The first-order valence-electron chi connectivity index (χ1n) is 6.87. The van der Waals surface area contributed by atoms with Gasteiger partial charge in [0.2, 0.25) is 0 Å². The molecule has 112 valence electrons. The zero-order valence-corrected chi connectivity index (χ0v) is 12.4. The van der Waals surface area contributed by atoms with Gasteiger partial charge in [0.25, 0.3) is 0 Å². The van der Waals surface area contributed by atoms with Crippen molar-refractivity contribution in [1.29, 1.82) is 0 Å². The number of aliphatic carboxylic acids is 2. The highest BCUT2D eigenvalue weighted by Crippen LogP contribution is 2.42. The first-order chi connectivity index (χ1) is 9.45. The van der Waals surface area contributed by atoms with Crippen LogP contribution in [0.3, 0.4) is 0 Å². The standard InChI is InChI=1S/C15H21ClO4/c1-11-12(13(17)18)7-6-9-15(11,14(19)20)8-4-2-3-5-10-16/h6-7,9,11H,2-5,8,10H2,1H3,(H,17,18)(H,19,20). The van der Waals surface area contributed by atoms with E-state index in [1.165, 1.54) is 6.08 Å². The minimum atomic E-state index is -1.11. The zero-order valence-electron chi connectivity index (χ0n) is 11.6. The Labute approximate surface area is 124 Å². The molecule has 0 fully saturated rings. The van der Waals surface area contributed by atoms with Gasteiger partial charge >= 0.3 is 11.9 Å². The van der Waals surface area contributed by atoms with E-state index in [0.29, 0.717) is 12.3 Å². The highest BCUT2D eigenvalue weighted by molar-refractivity contribution is 6.17. The smallest absolute Gasteiger partial charge is 0.331 e. The number of allylic oxidation sites excluding steroid dienone is 2. The summed E-state index contributed by atoms with van der Waals surface area (Å²) in [4.78, 5) is 22.9. The zero-order chi connectivity index (χ0) is 15.2. The van der Waals surface area contributed by atoms with Gasteiger partial charge < -0.3 is 10.2 Å². The third-order valence-corrected chi connectivity index (χ3v) is 4.30. The second kappa shape index (κ2) is 7.48. The van der Waals surface area contributed by atoms with Crippen LogP contribution in [-0.2, 0) is 9.59 Å². The molecule has 0 radical (unpaired) electrons. The normalized spacial score (nSPS) is 25.3. The van der Waals surface area contributed by atoms with Gasteiger partial charge in [0.15, 0.2) is 0 Å². The Bertz CT molecular complexity index is 428. The second-order valence-electron chi connectivity index (χ2n) is 5.21. The van der Waals surface area contributed by atoms with Crippen molar-refractivity contribution in [3.05, 3.63) is 23.8 Å². The second-order valence-corrected chi connectivity index (χ2v) is 5.58. The average molecular weight is 301 g/mol. The molecule has 4 nitrogen and oxygen atoms in total. The lowest BCUT2D eigenvalue weighted by molar-refractivity contribution is -0.149. The third kappa shape index (κ3) is 3.63. The number of alkyl halides is 1. The Morgan fingerprint density at radius 2 is 1.90 bits per heavy atom. The van der Waals surface area contributed by atoms with Gasteiger partial charge in [-0.3, -0.25) is 4.79 Å². The number of unbranched alkanes of at least 4 members (excludes halogenated alkanes) is 3. The average Bonchev–Trinajstić information content (AvgIpc) is 2.39. The predicted molar refractivity (Wildman–Crippen MR) is 77.9 cm³/mol. The molecule has 0 aromatic heterocycles. The van der Waals surface area contributed by atoms with Crippen LogP contribution in [0.15, 0.2) is 23.8 Å². The number of carbonyl (C=O) groups is 2. The molecule has 2 N–H and O–H groups in total. The van der Waals surface area contributed by atoms with Crippen molar-refractivity contribution in [2.75, 3.05) is 5.88 Å². The molecule has 2 atom stereocenters. The fourth-order valence-corrected chi connectivity index (χ4v) is 2.86. The van der Waals surface area contributed by atoms with Gasteiger partial charge in [0.05, 0.1) is 5.41 Å². The molecule has 0 saturated heterocycles. The van der Waals surface area contributed by atoms with Crippen LogP contribution in [0, 0.1) is 11.3 Å². The van der Waals surface area contributed by atoms with Crippen LogP contribution >= 0.6 is 11.6 Å². The molecule has 0 aromatic rings. The maximum Gasteiger partial charge on any atom is 0.331 e. The topological polar surface area (TPSA) is 74.6 Å². The van der Waals surface area contributed by atoms with Crippen molar-refractivity contribution in [3.8, 4) is 0 Å². The lowest BCUT2D eigenvalue weighted by atomic mass is 9.67. The van der Waals surface area contributed by atoms with E-state index in [1.807, 2.05) is 0 Å². The molecule has 0 bridgehead atoms. The molecule has 0 aromatic carbocycles. The van der Waals surface area contributed by atoms with E-state index in [9.17, 15) is 14.7 Å². The minimum Gasteiger partial charge on any atom is -0.481 e. The van der Waals surface area contributed by atoms with Gasteiger partial charge in [0.1, 0.15) is 0 Å². The maximum absolute atomic E-state index is 11.7. The molecule has 5 heteroatoms. The minimum absolute atomic E-state index is 0.163. The molecule has 1 rings (SSSR count). The third-order valence-electron chi connectivity index (χ3n) is 4.03. The molecular formula is C15H21ClO4. The van der Waals surface area contributed by atoms with Gasteiger partial charge in [-0.1, -0.05) is 44.4 Å². The Kier molecular flexibility index (Phi) is 6.27. The van der Waals surface area contributed by atoms with Crippen molar-refractivity contribution in [2.24, 2.45) is 11.3 Å². The summed E-state index contributed by atoms with van der Waals surface area (Å²) < 4.78 is 0. The first-order valence-corrected chi connectivity index (χ1v) is 7.41. The quantitative estimate of drug-likeness (QED) is 0.532. The van der Waals surface area contributed by atoms with E-state index >= 15 is 0 Å². The number of carboxylic acids is 2. The van der Waals surface area contributed by atoms with Crippen LogP contribution in [0.25, 0.3) is 0 Å². The van der Waals surface area contributed by atoms with E-state index in [2.05, 4.69) is 0 Å². The number of hydrogen-bond donors (Lipinski definition) is 2. The fourth-order valence-electron chi connectivity index (χ4n) is 2.67. The summed E-state index contributed by atoms with van der Waals surface area (Å²) in [6.45, 7) is 1.68. The first kappa shape index (κ1) is 16.8. The lowest BCUT2D eigenvalue weighted by Crippen LogP contribution is -2.39. The highest BCUT2D eigenvalue weighted by atomic mass is 35.5. The van der Waals surface area contributed by atoms with Crippen molar-refractivity contribution in [3.63, 3.8) is 0 Å². The van der Waals surface area contributed by atoms with Crippen molar-refractivity contribution in [1.82, 2.24) is 0 Å². The Balaban J connectivity index is 2.78. The summed E-state index contributed by atoms with van der Waals surface area (Å²) >= 11 is 5.61. The number of halogens is 1. The molecule has 0 saturated carbocycles. The van der Waals surface area contributed by atoms with E-state index < -0.39 is 23.3 Å². The number of hydrogen-bond acceptors (Lipinski definition) is 2. The van der Waals surface area contributed by atoms with Crippen LogP contribution in [0.1, 0.15) is 39.0 Å². The summed E-state index contributed by atoms with van der Waals surface area (Å²) in [5.74, 6) is -1.91. The molecule has 2 unspecified atom stereocenters. The van der Waals surface area contributed by atoms with Crippen molar-refractivity contribution < 1.29 is 19.8 Å². The summed E-state index contributed by atoms with van der Waals surface area (Å²) in [7, 11) is 0. The molecule has 0 heterocycles. The largest absolute Gasteiger partial charge is 0.481 e. The summed E-state index contributed by atoms with van der Waals surface area (Å²) in [6.07, 6.45) is 8.68. The molecule has 20 heavy (non-hydrogen) atoms. The van der Waals surface area contributed by atoms with Crippen molar-refractivity contribution >= 4 is 23.5 Å². The Hall–Kier alpha value is -1.29. The van der Waals surface area contributed by atoms with Gasteiger partial charge in [0, 0.05) is 17.4 Å². The molecule has 1 aliphatic rings. The van der Waals surface area contributed by atoms with Crippen molar-refractivity contribution in [2.45, 2.75) is 39.0 Å². The van der Waals surface area contributed by atoms with Gasteiger partial charge in [-0.05, 0) is 12.8 Å². The molecule has 1 aliphatic carbocycles. The van der Waals surface area contributed by atoms with Crippen LogP contribution in [0.2, 0.25) is 0 Å². The Morgan fingerprint density at radius 1 is 1.25 bits per heavy atom. The maximum atomic E-state index is 11.7.